The zero-order valence-electron chi connectivity index (χ0n) is 22.9. The van der Waals surface area contributed by atoms with Crippen LogP contribution in [-0.2, 0) is 0 Å². The van der Waals surface area contributed by atoms with Gasteiger partial charge in [-0.15, -0.1) is 0 Å². The highest BCUT2D eigenvalue weighted by Gasteiger charge is 2.37. The van der Waals surface area contributed by atoms with Gasteiger partial charge >= 0.3 is 0 Å². The molecule has 2 fully saturated rings. The van der Waals surface area contributed by atoms with Gasteiger partial charge in [0.1, 0.15) is 0 Å². The molecule has 0 saturated heterocycles. The minimum absolute atomic E-state index is 0.162. The number of rotatable bonds is 7. The van der Waals surface area contributed by atoms with Gasteiger partial charge in [0.25, 0.3) is 0 Å². The standard InChI is InChI=1S/C33H49P/c1-23(2)29-22-30(26-16-10-7-11-17-26)33(32(25(5)6)31(29)24(3)4)34(27-18-12-8-13-19-27)28-20-14-9-15-21-28/h7,10-11,16-17,22-25,27-28H,8-9,12-15,18-21H2,1-6H3. The molecule has 2 aliphatic rings. The topological polar surface area (TPSA) is 0 Å². The van der Waals surface area contributed by atoms with Gasteiger partial charge in [-0.05, 0) is 93.9 Å². The summed E-state index contributed by atoms with van der Waals surface area (Å²) in [4.78, 5) is 0. The molecule has 2 aromatic rings. The largest absolute Gasteiger partial charge is 0.0680 e. The minimum atomic E-state index is -0.162. The van der Waals surface area contributed by atoms with Crippen molar-refractivity contribution < 1.29 is 0 Å². The maximum Gasteiger partial charge on any atom is -0.0101 e. The van der Waals surface area contributed by atoms with Crippen molar-refractivity contribution in [3.8, 4) is 11.1 Å². The van der Waals surface area contributed by atoms with Gasteiger partial charge < -0.3 is 0 Å². The van der Waals surface area contributed by atoms with Crippen LogP contribution in [0.4, 0.5) is 0 Å². The summed E-state index contributed by atoms with van der Waals surface area (Å²) in [7, 11) is -0.162. The molecular weight excluding hydrogens is 427 g/mol. The summed E-state index contributed by atoms with van der Waals surface area (Å²) < 4.78 is 0. The molecule has 0 nitrogen and oxygen atoms in total. The van der Waals surface area contributed by atoms with Gasteiger partial charge in [0.05, 0.1) is 0 Å². The highest BCUT2D eigenvalue weighted by atomic mass is 31.1. The Morgan fingerprint density at radius 1 is 0.618 bits per heavy atom. The van der Waals surface area contributed by atoms with Crippen LogP contribution in [0.1, 0.15) is 140 Å². The molecule has 0 N–H and O–H groups in total. The third-order valence-corrected chi connectivity index (χ3v) is 12.1. The Labute approximate surface area is 212 Å². The molecule has 0 amide bonds. The molecule has 34 heavy (non-hydrogen) atoms. The van der Waals surface area contributed by atoms with Crippen LogP contribution in [0.5, 0.6) is 0 Å². The van der Waals surface area contributed by atoms with Gasteiger partial charge in [-0.2, -0.15) is 0 Å². The second kappa shape index (κ2) is 11.7. The maximum absolute atomic E-state index is 2.66. The lowest BCUT2D eigenvalue weighted by Crippen LogP contribution is -2.31. The fourth-order valence-electron chi connectivity index (χ4n) is 6.93. The van der Waals surface area contributed by atoms with Crippen molar-refractivity contribution in [1.29, 1.82) is 0 Å². The van der Waals surface area contributed by atoms with Crippen LogP contribution in [0.2, 0.25) is 0 Å². The van der Waals surface area contributed by atoms with Crippen LogP contribution in [0.25, 0.3) is 11.1 Å². The van der Waals surface area contributed by atoms with Crippen molar-refractivity contribution in [2.75, 3.05) is 0 Å². The number of hydrogen-bond donors (Lipinski definition) is 0. The van der Waals surface area contributed by atoms with Crippen molar-refractivity contribution in [1.82, 2.24) is 0 Å². The molecule has 186 valence electrons. The molecule has 1 heteroatoms. The normalized spacial score (nSPS) is 18.5. The van der Waals surface area contributed by atoms with E-state index in [4.69, 9.17) is 0 Å². The quantitative estimate of drug-likeness (QED) is 0.349. The minimum Gasteiger partial charge on any atom is -0.0680 e. The van der Waals surface area contributed by atoms with Crippen LogP contribution in [0.15, 0.2) is 36.4 Å². The van der Waals surface area contributed by atoms with Crippen molar-refractivity contribution in [2.45, 2.75) is 135 Å². The second-order valence-electron chi connectivity index (χ2n) is 12.0. The van der Waals surface area contributed by atoms with Crippen molar-refractivity contribution in [2.24, 2.45) is 0 Å². The smallest absolute Gasteiger partial charge is 0.0101 e. The summed E-state index contributed by atoms with van der Waals surface area (Å²) >= 11 is 0. The third-order valence-electron chi connectivity index (χ3n) is 8.47. The van der Waals surface area contributed by atoms with Gasteiger partial charge in [0.15, 0.2) is 0 Å². The Balaban J connectivity index is 2.04. The average Bonchev–Trinajstić information content (AvgIpc) is 2.85. The Hall–Kier alpha value is -1.13. The van der Waals surface area contributed by atoms with Crippen molar-refractivity contribution in [3.05, 3.63) is 53.1 Å². The van der Waals surface area contributed by atoms with E-state index in [9.17, 15) is 0 Å². The van der Waals surface area contributed by atoms with E-state index in [1.807, 2.05) is 5.30 Å². The Kier molecular flexibility index (Phi) is 8.96. The summed E-state index contributed by atoms with van der Waals surface area (Å²) in [5, 5.41) is 1.84. The van der Waals surface area contributed by atoms with E-state index in [-0.39, 0.29) is 7.92 Å². The fourth-order valence-corrected chi connectivity index (χ4v) is 11.2. The maximum atomic E-state index is 2.66. The van der Waals surface area contributed by atoms with Gasteiger partial charge in [0, 0.05) is 0 Å². The predicted octanol–water partition coefficient (Wildman–Crippen LogP) is 10.5. The van der Waals surface area contributed by atoms with Gasteiger partial charge in [0.2, 0.25) is 0 Å². The highest BCUT2D eigenvalue weighted by Crippen LogP contribution is 2.58. The Morgan fingerprint density at radius 2 is 1.12 bits per heavy atom. The second-order valence-corrected chi connectivity index (χ2v) is 14.7. The van der Waals surface area contributed by atoms with Crippen molar-refractivity contribution >= 4 is 13.2 Å². The van der Waals surface area contributed by atoms with Crippen molar-refractivity contribution in [3.63, 3.8) is 0 Å². The fraction of sp³-hybridized carbons (Fsp3) is 0.636. The van der Waals surface area contributed by atoms with Gasteiger partial charge in [-0.1, -0.05) is 118 Å². The molecule has 2 aromatic carbocycles. The van der Waals surface area contributed by atoms with E-state index in [1.54, 1.807) is 22.3 Å². The van der Waals surface area contributed by atoms with E-state index in [1.165, 1.54) is 69.8 Å². The third kappa shape index (κ3) is 5.48. The summed E-state index contributed by atoms with van der Waals surface area (Å²) in [5.74, 6) is 1.71. The molecule has 2 saturated carbocycles. The molecule has 0 unspecified atom stereocenters. The molecule has 4 rings (SSSR count). The zero-order chi connectivity index (χ0) is 24.2. The summed E-state index contributed by atoms with van der Waals surface area (Å²) in [5.41, 5.74) is 9.95. The molecule has 0 heterocycles. The van der Waals surface area contributed by atoms with E-state index in [2.05, 4.69) is 77.9 Å². The van der Waals surface area contributed by atoms with Crippen LogP contribution in [-0.4, -0.2) is 11.3 Å². The van der Waals surface area contributed by atoms with E-state index in [0.717, 1.165) is 11.3 Å². The van der Waals surface area contributed by atoms with E-state index in [0.29, 0.717) is 17.8 Å². The monoisotopic (exact) mass is 476 g/mol. The lowest BCUT2D eigenvalue weighted by Gasteiger charge is -2.42. The first-order valence-electron chi connectivity index (χ1n) is 14.4. The van der Waals surface area contributed by atoms with E-state index >= 15 is 0 Å². The molecule has 0 atom stereocenters. The zero-order valence-corrected chi connectivity index (χ0v) is 23.8. The molecule has 0 spiro atoms. The SMILES string of the molecule is CC(C)c1cc(-c2ccccc2)c(P(C2CCCCC2)C2CCCCC2)c(C(C)C)c1C(C)C. The Bertz CT molecular complexity index is 893. The Morgan fingerprint density at radius 3 is 1.56 bits per heavy atom. The van der Waals surface area contributed by atoms with Crippen LogP contribution < -0.4 is 5.30 Å². The van der Waals surface area contributed by atoms with E-state index < -0.39 is 0 Å². The molecule has 0 radical (unpaired) electrons. The first-order valence-corrected chi connectivity index (χ1v) is 15.9. The summed E-state index contributed by atoms with van der Waals surface area (Å²) in [6.45, 7) is 14.7. The van der Waals surface area contributed by atoms with Gasteiger partial charge in [-0.3, -0.25) is 0 Å². The average molecular weight is 477 g/mol. The molecule has 2 aliphatic carbocycles. The number of hydrogen-bond acceptors (Lipinski definition) is 0. The molecule has 0 aliphatic heterocycles. The molecular formula is C33H49P. The van der Waals surface area contributed by atoms with Crippen LogP contribution >= 0.6 is 7.92 Å². The van der Waals surface area contributed by atoms with Crippen LogP contribution in [0, 0.1) is 0 Å². The van der Waals surface area contributed by atoms with Gasteiger partial charge in [-0.25, -0.2) is 0 Å². The first-order chi connectivity index (χ1) is 16.4. The van der Waals surface area contributed by atoms with Crippen LogP contribution in [0.3, 0.4) is 0 Å². The highest BCUT2D eigenvalue weighted by molar-refractivity contribution is 7.67. The predicted molar refractivity (Wildman–Crippen MR) is 154 cm³/mol. The number of benzene rings is 2. The molecule has 0 bridgehead atoms. The summed E-state index contributed by atoms with van der Waals surface area (Å²) in [6.07, 6.45) is 14.6. The lowest BCUT2D eigenvalue weighted by atomic mass is 9.81. The molecule has 0 aromatic heterocycles. The lowest BCUT2D eigenvalue weighted by molar-refractivity contribution is 0.487. The first kappa shape index (κ1) is 25.9. The summed E-state index contributed by atoms with van der Waals surface area (Å²) in [6, 6.07) is 14.1.